The molecule has 2 aromatic carbocycles. The first-order valence-electron chi connectivity index (χ1n) is 6.82. The summed E-state index contributed by atoms with van der Waals surface area (Å²) in [6, 6.07) is 12.7. The molecule has 1 aromatic heterocycles. The summed E-state index contributed by atoms with van der Waals surface area (Å²) >= 11 is 13.5. The Balaban J connectivity index is 1.79. The molecule has 0 unspecified atom stereocenters. The normalized spacial score (nSPS) is 10.6. The van der Waals surface area contributed by atoms with E-state index in [1.807, 2.05) is 23.6 Å². The molecular formula is C17H12Cl2N2OS. The van der Waals surface area contributed by atoms with Gasteiger partial charge in [0.05, 0.1) is 15.7 Å². The van der Waals surface area contributed by atoms with E-state index < -0.39 is 0 Å². The Morgan fingerprint density at radius 1 is 1.09 bits per heavy atom. The molecule has 1 N–H and O–H groups in total. The second-order valence-electron chi connectivity index (χ2n) is 4.93. The number of carbonyl (C=O) groups excluding carboxylic acids is 1. The molecule has 0 bridgehead atoms. The summed E-state index contributed by atoms with van der Waals surface area (Å²) in [6.45, 7) is 1.55. The van der Waals surface area contributed by atoms with Gasteiger partial charge >= 0.3 is 0 Å². The summed E-state index contributed by atoms with van der Waals surface area (Å²) in [5.41, 5.74) is 3.31. The lowest BCUT2D eigenvalue weighted by molar-refractivity contribution is 0.101. The van der Waals surface area contributed by atoms with Gasteiger partial charge in [-0.25, -0.2) is 4.98 Å². The number of halogens is 2. The minimum atomic E-state index is 0.0488. The van der Waals surface area contributed by atoms with Crippen molar-refractivity contribution in [3.8, 4) is 11.3 Å². The number of Topliss-reactive ketones (excluding diaryl/α,β-unsaturated/α-hetero) is 1. The van der Waals surface area contributed by atoms with Crippen molar-refractivity contribution in [1.82, 2.24) is 4.98 Å². The number of hydrogen-bond donors (Lipinski definition) is 1. The Kier molecular flexibility index (Phi) is 4.66. The molecule has 0 aliphatic carbocycles. The van der Waals surface area contributed by atoms with Crippen LogP contribution in [0.25, 0.3) is 11.3 Å². The Hall–Kier alpha value is -1.88. The number of benzene rings is 2. The molecule has 0 fully saturated rings. The lowest BCUT2D eigenvalue weighted by atomic mass is 10.1. The van der Waals surface area contributed by atoms with Crippen LogP contribution >= 0.6 is 34.5 Å². The van der Waals surface area contributed by atoms with Crippen LogP contribution < -0.4 is 5.32 Å². The first kappa shape index (κ1) is 16.0. The zero-order valence-electron chi connectivity index (χ0n) is 12.1. The summed E-state index contributed by atoms with van der Waals surface area (Å²) in [5, 5.41) is 6.97. The molecule has 3 rings (SSSR count). The highest BCUT2D eigenvalue weighted by atomic mass is 35.5. The highest BCUT2D eigenvalue weighted by Gasteiger charge is 2.07. The summed E-state index contributed by atoms with van der Waals surface area (Å²) in [6.07, 6.45) is 0. The molecule has 0 saturated carbocycles. The summed E-state index contributed by atoms with van der Waals surface area (Å²) in [5.74, 6) is 0.0488. The van der Waals surface area contributed by atoms with Crippen molar-refractivity contribution in [2.75, 3.05) is 5.32 Å². The molecular weight excluding hydrogens is 351 g/mol. The average Bonchev–Trinajstić information content (AvgIpc) is 2.99. The van der Waals surface area contributed by atoms with Gasteiger partial charge in [-0.15, -0.1) is 11.3 Å². The highest BCUT2D eigenvalue weighted by molar-refractivity contribution is 7.14. The SMILES string of the molecule is CC(=O)c1ccc(Nc2nc(-c3ccc(Cl)c(Cl)c3)cs2)cc1. The Morgan fingerprint density at radius 3 is 2.48 bits per heavy atom. The molecule has 1 heterocycles. The molecule has 3 nitrogen and oxygen atoms in total. The van der Waals surface area contributed by atoms with Crippen molar-refractivity contribution in [2.45, 2.75) is 6.92 Å². The predicted octanol–water partition coefficient (Wildman–Crippen LogP) is 6.06. The maximum Gasteiger partial charge on any atom is 0.187 e. The fourth-order valence-corrected chi connectivity index (χ4v) is 3.07. The monoisotopic (exact) mass is 362 g/mol. The fourth-order valence-electron chi connectivity index (χ4n) is 2.03. The Labute approximate surface area is 147 Å². The minimum Gasteiger partial charge on any atom is -0.332 e. The van der Waals surface area contributed by atoms with Crippen molar-refractivity contribution >= 4 is 51.1 Å². The number of thiazole rings is 1. The zero-order chi connectivity index (χ0) is 16.4. The number of ketones is 1. The fraction of sp³-hybridized carbons (Fsp3) is 0.0588. The number of carbonyl (C=O) groups is 1. The third-order valence-electron chi connectivity index (χ3n) is 3.26. The van der Waals surface area contributed by atoms with Crippen molar-refractivity contribution < 1.29 is 4.79 Å². The molecule has 23 heavy (non-hydrogen) atoms. The van der Waals surface area contributed by atoms with Crippen LogP contribution in [0.1, 0.15) is 17.3 Å². The van der Waals surface area contributed by atoms with Crippen molar-refractivity contribution in [1.29, 1.82) is 0 Å². The first-order chi connectivity index (χ1) is 11.0. The lowest BCUT2D eigenvalue weighted by Gasteiger charge is -2.03. The van der Waals surface area contributed by atoms with E-state index in [1.165, 1.54) is 11.3 Å². The average molecular weight is 363 g/mol. The van der Waals surface area contributed by atoms with E-state index in [0.717, 1.165) is 22.1 Å². The highest BCUT2D eigenvalue weighted by Crippen LogP contribution is 2.31. The van der Waals surface area contributed by atoms with Gasteiger partial charge in [0.25, 0.3) is 0 Å². The van der Waals surface area contributed by atoms with Crippen LogP contribution in [0.5, 0.6) is 0 Å². The van der Waals surface area contributed by atoms with Gasteiger partial charge in [0.1, 0.15) is 0 Å². The molecule has 0 spiro atoms. The van der Waals surface area contributed by atoms with Crippen molar-refractivity contribution in [3.05, 3.63) is 63.5 Å². The largest absolute Gasteiger partial charge is 0.332 e. The second kappa shape index (κ2) is 6.71. The number of nitrogens with zero attached hydrogens (tertiary/aromatic N) is 1. The van der Waals surface area contributed by atoms with Gasteiger partial charge in [0.2, 0.25) is 0 Å². The molecule has 0 radical (unpaired) electrons. The van der Waals surface area contributed by atoms with Gasteiger partial charge in [0, 0.05) is 22.2 Å². The van der Waals surface area contributed by atoms with Crippen LogP contribution in [-0.4, -0.2) is 10.8 Å². The summed E-state index contributed by atoms with van der Waals surface area (Å²) in [4.78, 5) is 15.8. The van der Waals surface area contributed by atoms with Crippen molar-refractivity contribution in [3.63, 3.8) is 0 Å². The van der Waals surface area contributed by atoms with Crippen LogP contribution in [0.15, 0.2) is 47.8 Å². The van der Waals surface area contributed by atoms with Crippen LogP contribution in [-0.2, 0) is 0 Å². The Morgan fingerprint density at radius 2 is 1.83 bits per heavy atom. The van der Waals surface area contributed by atoms with E-state index in [1.54, 1.807) is 31.2 Å². The van der Waals surface area contributed by atoms with E-state index in [9.17, 15) is 4.79 Å². The number of anilines is 2. The quantitative estimate of drug-likeness (QED) is 0.573. The third-order valence-corrected chi connectivity index (χ3v) is 4.76. The van der Waals surface area contributed by atoms with E-state index in [0.29, 0.717) is 15.6 Å². The minimum absolute atomic E-state index is 0.0488. The van der Waals surface area contributed by atoms with Gasteiger partial charge in [-0.05, 0) is 43.3 Å². The van der Waals surface area contributed by atoms with E-state index in [-0.39, 0.29) is 5.78 Å². The van der Waals surface area contributed by atoms with Crippen LogP contribution in [0.2, 0.25) is 10.0 Å². The Bertz CT molecular complexity index is 859. The van der Waals surface area contributed by atoms with E-state index >= 15 is 0 Å². The zero-order valence-corrected chi connectivity index (χ0v) is 14.5. The maximum absolute atomic E-state index is 11.3. The lowest BCUT2D eigenvalue weighted by Crippen LogP contribution is -1.93. The number of aromatic nitrogens is 1. The third kappa shape index (κ3) is 3.72. The summed E-state index contributed by atoms with van der Waals surface area (Å²) < 4.78 is 0. The molecule has 6 heteroatoms. The second-order valence-corrected chi connectivity index (χ2v) is 6.60. The molecule has 0 atom stereocenters. The van der Waals surface area contributed by atoms with Crippen LogP contribution in [0, 0.1) is 0 Å². The standard InChI is InChI=1S/C17H12Cl2N2OS/c1-10(22)11-2-5-13(6-3-11)20-17-21-16(9-23-17)12-4-7-14(18)15(19)8-12/h2-9H,1H3,(H,20,21). The van der Waals surface area contributed by atoms with Gasteiger partial charge in [-0.2, -0.15) is 0 Å². The molecule has 3 aromatic rings. The van der Waals surface area contributed by atoms with Gasteiger partial charge in [-0.3, -0.25) is 4.79 Å². The molecule has 0 aliphatic heterocycles. The van der Waals surface area contributed by atoms with E-state index in [2.05, 4.69) is 10.3 Å². The molecule has 0 saturated heterocycles. The van der Waals surface area contributed by atoms with Crippen molar-refractivity contribution in [2.24, 2.45) is 0 Å². The van der Waals surface area contributed by atoms with Gasteiger partial charge in [0.15, 0.2) is 10.9 Å². The first-order valence-corrected chi connectivity index (χ1v) is 8.45. The van der Waals surface area contributed by atoms with Crippen LogP contribution in [0.4, 0.5) is 10.8 Å². The smallest absolute Gasteiger partial charge is 0.187 e. The number of rotatable bonds is 4. The number of hydrogen-bond acceptors (Lipinski definition) is 4. The number of nitrogens with one attached hydrogen (secondary N) is 1. The van der Waals surface area contributed by atoms with E-state index in [4.69, 9.17) is 23.2 Å². The molecule has 0 amide bonds. The van der Waals surface area contributed by atoms with Gasteiger partial charge < -0.3 is 5.32 Å². The van der Waals surface area contributed by atoms with Crippen LogP contribution in [0.3, 0.4) is 0 Å². The molecule has 116 valence electrons. The molecule has 0 aliphatic rings. The maximum atomic E-state index is 11.3. The van der Waals surface area contributed by atoms with Gasteiger partial charge in [-0.1, -0.05) is 29.3 Å². The summed E-state index contributed by atoms with van der Waals surface area (Å²) in [7, 11) is 0. The predicted molar refractivity (Wildman–Crippen MR) is 97.3 cm³/mol. The topological polar surface area (TPSA) is 42.0 Å².